The van der Waals surface area contributed by atoms with Gasteiger partial charge in [-0.2, -0.15) is 0 Å². The maximum Gasteiger partial charge on any atom is 0.407 e. The molecule has 0 heterocycles. The molecule has 2 aromatic carbocycles. The van der Waals surface area contributed by atoms with Crippen LogP contribution in [0.1, 0.15) is 33.3 Å². The fourth-order valence-corrected chi connectivity index (χ4v) is 2.44. The van der Waals surface area contributed by atoms with E-state index >= 15 is 0 Å². The lowest BCUT2D eigenvalue weighted by Gasteiger charge is -2.30. The minimum Gasteiger partial charge on any atom is -0.444 e. The molecule has 4 heteroatoms. The second-order valence-electron chi connectivity index (χ2n) is 7.18. The third kappa shape index (κ3) is 4.45. The van der Waals surface area contributed by atoms with E-state index in [0.717, 1.165) is 5.56 Å². The Morgan fingerprint density at radius 2 is 1.74 bits per heavy atom. The van der Waals surface area contributed by atoms with E-state index in [-0.39, 0.29) is 5.41 Å². The van der Waals surface area contributed by atoms with Gasteiger partial charge in [-0.15, -0.1) is 0 Å². The molecular formula is C19H26N2O2. The molecule has 0 bridgehead atoms. The van der Waals surface area contributed by atoms with Crippen molar-refractivity contribution < 1.29 is 9.53 Å². The van der Waals surface area contributed by atoms with Gasteiger partial charge in [0.1, 0.15) is 5.60 Å². The molecule has 0 spiro atoms. The van der Waals surface area contributed by atoms with Crippen LogP contribution in [0.4, 0.5) is 4.79 Å². The van der Waals surface area contributed by atoms with E-state index in [1.165, 1.54) is 10.8 Å². The SMILES string of the molecule is CC(C)(C)OC(=O)NCC(C)(CN)c1ccc2ccccc2c1. The monoisotopic (exact) mass is 314 g/mol. The van der Waals surface area contributed by atoms with Gasteiger partial charge in [0.25, 0.3) is 0 Å². The smallest absolute Gasteiger partial charge is 0.407 e. The Hall–Kier alpha value is -2.07. The van der Waals surface area contributed by atoms with Crippen LogP contribution in [0.2, 0.25) is 0 Å². The number of hydrogen-bond donors (Lipinski definition) is 2. The third-order valence-electron chi connectivity index (χ3n) is 3.92. The molecule has 3 N–H and O–H groups in total. The van der Waals surface area contributed by atoms with Crippen LogP contribution in [0.5, 0.6) is 0 Å². The summed E-state index contributed by atoms with van der Waals surface area (Å²) in [6, 6.07) is 14.5. The van der Waals surface area contributed by atoms with E-state index in [1.54, 1.807) is 0 Å². The Labute approximate surface area is 138 Å². The highest BCUT2D eigenvalue weighted by atomic mass is 16.6. The fourth-order valence-electron chi connectivity index (χ4n) is 2.44. The largest absolute Gasteiger partial charge is 0.444 e. The Balaban J connectivity index is 2.16. The minimum absolute atomic E-state index is 0.346. The Bertz CT molecular complexity index is 691. The number of fused-ring (bicyclic) bond motifs is 1. The van der Waals surface area contributed by atoms with E-state index in [1.807, 2.05) is 32.9 Å². The molecule has 0 aliphatic heterocycles. The summed E-state index contributed by atoms with van der Waals surface area (Å²) in [5, 5.41) is 5.20. The van der Waals surface area contributed by atoms with E-state index in [4.69, 9.17) is 10.5 Å². The number of ether oxygens (including phenoxy) is 1. The fraction of sp³-hybridized carbons (Fsp3) is 0.421. The molecule has 0 aliphatic rings. The van der Waals surface area contributed by atoms with Crippen molar-refractivity contribution in [1.29, 1.82) is 0 Å². The maximum atomic E-state index is 11.9. The zero-order valence-corrected chi connectivity index (χ0v) is 14.3. The summed E-state index contributed by atoms with van der Waals surface area (Å²) in [4.78, 5) is 11.9. The molecule has 124 valence electrons. The van der Waals surface area contributed by atoms with Crippen molar-refractivity contribution in [1.82, 2.24) is 5.32 Å². The van der Waals surface area contributed by atoms with Gasteiger partial charge >= 0.3 is 6.09 Å². The number of nitrogens with two attached hydrogens (primary N) is 1. The summed E-state index contributed by atoms with van der Waals surface area (Å²) >= 11 is 0. The zero-order chi connectivity index (χ0) is 17.1. The normalized spacial score (nSPS) is 14.3. The average Bonchev–Trinajstić information content (AvgIpc) is 2.50. The summed E-state index contributed by atoms with van der Waals surface area (Å²) in [5.74, 6) is 0. The molecule has 4 nitrogen and oxygen atoms in total. The van der Waals surface area contributed by atoms with E-state index in [2.05, 4.69) is 42.6 Å². The molecule has 1 atom stereocenters. The molecule has 0 saturated heterocycles. The van der Waals surface area contributed by atoms with Crippen LogP contribution >= 0.6 is 0 Å². The Kier molecular flexibility index (Phi) is 4.95. The van der Waals surface area contributed by atoms with Crippen LogP contribution in [-0.4, -0.2) is 24.8 Å². The third-order valence-corrected chi connectivity index (χ3v) is 3.92. The Morgan fingerprint density at radius 3 is 2.35 bits per heavy atom. The van der Waals surface area contributed by atoms with Crippen molar-refractivity contribution in [2.75, 3.05) is 13.1 Å². The number of amides is 1. The number of hydrogen-bond acceptors (Lipinski definition) is 3. The number of rotatable bonds is 4. The van der Waals surface area contributed by atoms with Crippen molar-refractivity contribution in [3.05, 3.63) is 48.0 Å². The van der Waals surface area contributed by atoms with Crippen LogP contribution < -0.4 is 11.1 Å². The first-order valence-corrected chi connectivity index (χ1v) is 7.90. The van der Waals surface area contributed by atoms with Crippen molar-refractivity contribution in [3.8, 4) is 0 Å². The van der Waals surface area contributed by atoms with E-state index in [0.29, 0.717) is 13.1 Å². The lowest BCUT2D eigenvalue weighted by Crippen LogP contribution is -2.45. The molecule has 0 fully saturated rings. The van der Waals surface area contributed by atoms with Gasteiger partial charge in [0.05, 0.1) is 0 Å². The molecule has 23 heavy (non-hydrogen) atoms. The van der Waals surface area contributed by atoms with Crippen molar-refractivity contribution in [2.24, 2.45) is 5.73 Å². The van der Waals surface area contributed by atoms with Gasteiger partial charge in [0, 0.05) is 18.5 Å². The first-order chi connectivity index (χ1) is 10.7. The number of benzene rings is 2. The van der Waals surface area contributed by atoms with Crippen molar-refractivity contribution >= 4 is 16.9 Å². The molecule has 0 radical (unpaired) electrons. The molecule has 0 saturated carbocycles. The summed E-state index contributed by atoms with van der Waals surface area (Å²) in [5.41, 5.74) is 6.26. The van der Waals surface area contributed by atoms with Crippen LogP contribution in [0.3, 0.4) is 0 Å². The van der Waals surface area contributed by atoms with Gasteiger partial charge in [-0.25, -0.2) is 4.79 Å². The van der Waals surface area contributed by atoms with Crippen molar-refractivity contribution in [3.63, 3.8) is 0 Å². The topological polar surface area (TPSA) is 64.3 Å². The van der Waals surface area contributed by atoms with Crippen LogP contribution in [0.15, 0.2) is 42.5 Å². The van der Waals surface area contributed by atoms with Gasteiger partial charge in [-0.05, 0) is 37.1 Å². The predicted molar refractivity (Wildman–Crippen MR) is 94.6 cm³/mol. The first kappa shape index (κ1) is 17.3. The molecule has 1 amide bonds. The number of carbonyl (C=O) groups is 1. The van der Waals surface area contributed by atoms with Crippen LogP contribution in [-0.2, 0) is 10.2 Å². The molecule has 0 aromatic heterocycles. The first-order valence-electron chi connectivity index (χ1n) is 7.90. The van der Waals surface area contributed by atoms with Crippen molar-refractivity contribution in [2.45, 2.75) is 38.7 Å². The molecule has 0 aliphatic carbocycles. The van der Waals surface area contributed by atoms with Gasteiger partial charge in [0.2, 0.25) is 0 Å². The van der Waals surface area contributed by atoms with Crippen LogP contribution in [0.25, 0.3) is 10.8 Å². The summed E-state index contributed by atoms with van der Waals surface area (Å²) in [7, 11) is 0. The molecule has 2 aromatic rings. The average molecular weight is 314 g/mol. The second-order valence-corrected chi connectivity index (χ2v) is 7.18. The molecular weight excluding hydrogens is 288 g/mol. The highest BCUT2D eigenvalue weighted by Gasteiger charge is 2.27. The van der Waals surface area contributed by atoms with Gasteiger partial charge in [-0.3, -0.25) is 0 Å². The minimum atomic E-state index is -0.508. The molecule has 1 unspecified atom stereocenters. The lowest BCUT2D eigenvalue weighted by atomic mass is 9.81. The van der Waals surface area contributed by atoms with Gasteiger partial charge < -0.3 is 15.8 Å². The zero-order valence-electron chi connectivity index (χ0n) is 14.3. The standard InChI is InChI=1S/C19H26N2O2/c1-18(2,3)23-17(22)21-13-19(4,12-20)16-10-9-14-7-5-6-8-15(14)11-16/h5-11H,12-13,20H2,1-4H3,(H,21,22). The Morgan fingerprint density at radius 1 is 1.09 bits per heavy atom. The number of alkyl carbamates (subject to hydrolysis) is 1. The van der Waals surface area contributed by atoms with E-state index in [9.17, 15) is 4.79 Å². The summed E-state index contributed by atoms with van der Waals surface area (Å²) in [6.07, 6.45) is -0.419. The maximum absolute atomic E-state index is 11.9. The predicted octanol–water partition coefficient (Wildman–Crippen LogP) is 3.58. The second kappa shape index (κ2) is 6.59. The highest BCUT2D eigenvalue weighted by molar-refractivity contribution is 5.83. The van der Waals surface area contributed by atoms with Crippen LogP contribution in [0, 0.1) is 0 Å². The van der Waals surface area contributed by atoms with Gasteiger partial charge in [0.15, 0.2) is 0 Å². The lowest BCUT2D eigenvalue weighted by molar-refractivity contribution is 0.0516. The van der Waals surface area contributed by atoms with Gasteiger partial charge in [-0.1, -0.05) is 49.4 Å². The quantitative estimate of drug-likeness (QED) is 0.906. The summed E-state index contributed by atoms with van der Waals surface area (Å²) in [6.45, 7) is 8.44. The highest BCUT2D eigenvalue weighted by Crippen LogP contribution is 2.26. The molecule has 2 rings (SSSR count). The number of nitrogens with one attached hydrogen (secondary N) is 1. The number of carbonyl (C=O) groups excluding carboxylic acids is 1. The van der Waals surface area contributed by atoms with E-state index < -0.39 is 11.7 Å². The summed E-state index contributed by atoms with van der Waals surface area (Å²) < 4.78 is 5.29.